The summed E-state index contributed by atoms with van der Waals surface area (Å²) in [5.74, 6) is 0.623. The molecular weight excluding hydrogens is 414 g/mol. The number of fused-ring (bicyclic) bond motifs is 3. The minimum absolute atomic E-state index is 0.0312. The van der Waals surface area contributed by atoms with E-state index in [0.29, 0.717) is 11.6 Å². The van der Waals surface area contributed by atoms with Gasteiger partial charge in [-0.1, -0.05) is 40.2 Å². The van der Waals surface area contributed by atoms with Gasteiger partial charge in [-0.05, 0) is 49.4 Å². The topological polar surface area (TPSA) is 47.2 Å². The second-order valence-electron chi connectivity index (χ2n) is 7.59. The molecule has 5 rings (SSSR count). The third-order valence-corrected chi connectivity index (χ3v) is 6.26. The van der Waals surface area contributed by atoms with Gasteiger partial charge < -0.3 is 0 Å². The molecule has 2 heterocycles. The quantitative estimate of drug-likeness (QED) is 0.502. The summed E-state index contributed by atoms with van der Waals surface area (Å²) in [7, 11) is 0. The number of ketones is 1. The van der Waals surface area contributed by atoms with Crippen LogP contribution in [0.2, 0.25) is 0 Å². The van der Waals surface area contributed by atoms with Crippen LogP contribution in [-0.4, -0.2) is 21.0 Å². The molecule has 3 aromatic rings. The second kappa shape index (κ2) is 6.52. The fourth-order valence-corrected chi connectivity index (χ4v) is 4.51. The van der Waals surface area contributed by atoms with Gasteiger partial charge in [0.1, 0.15) is 12.0 Å². The molecule has 1 atom stereocenters. The molecule has 0 amide bonds. The van der Waals surface area contributed by atoms with Gasteiger partial charge in [0.2, 0.25) is 0 Å². The Labute approximate surface area is 172 Å². The van der Waals surface area contributed by atoms with Crippen LogP contribution in [0.5, 0.6) is 0 Å². The molecule has 5 heteroatoms. The van der Waals surface area contributed by atoms with Gasteiger partial charge in [-0.25, -0.2) is 4.98 Å². The van der Waals surface area contributed by atoms with Crippen molar-refractivity contribution in [3.63, 3.8) is 0 Å². The number of benzene rings is 2. The van der Waals surface area contributed by atoms with Crippen molar-refractivity contribution in [3.8, 4) is 5.69 Å². The largest absolute Gasteiger partial charge is 0.300 e. The molecule has 2 aromatic carbocycles. The summed E-state index contributed by atoms with van der Waals surface area (Å²) in [4.78, 5) is 21.7. The number of halogens is 1. The Morgan fingerprint density at radius 2 is 1.93 bits per heavy atom. The summed E-state index contributed by atoms with van der Waals surface area (Å²) in [6.07, 6.45) is 4.26. The zero-order valence-electron chi connectivity index (χ0n) is 15.8. The van der Waals surface area contributed by atoms with Gasteiger partial charge in [0.25, 0.3) is 0 Å². The van der Waals surface area contributed by atoms with Gasteiger partial charge in [0, 0.05) is 22.5 Å². The van der Waals surface area contributed by atoms with Crippen LogP contribution in [0.15, 0.2) is 58.3 Å². The van der Waals surface area contributed by atoms with Crippen molar-refractivity contribution in [3.05, 3.63) is 81.3 Å². The van der Waals surface area contributed by atoms with E-state index < -0.39 is 0 Å². The second-order valence-corrected chi connectivity index (χ2v) is 8.44. The highest BCUT2D eigenvalue weighted by Gasteiger charge is 2.30. The molecule has 1 aliphatic carbocycles. The predicted octanol–water partition coefficient (Wildman–Crippen LogP) is 5.63. The molecule has 28 heavy (non-hydrogen) atoms. The predicted molar refractivity (Wildman–Crippen MR) is 114 cm³/mol. The average molecular weight is 434 g/mol. The van der Waals surface area contributed by atoms with Crippen LogP contribution in [0.4, 0.5) is 0 Å². The average Bonchev–Trinajstić information content (AvgIpc) is 3.45. The summed E-state index contributed by atoms with van der Waals surface area (Å²) in [5.41, 5.74) is 6.85. The Kier molecular flexibility index (Phi) is 4.09. The SMILES string of the molecule is CC(=O)c1ncn2c1[C@@H](C)N=C(c1ccccc1Br)c1cc(C3CC3)ccc1-2. The highest BCUT2D eigenvalue weighted by molar-refractivity contribution is 9.10. The first-order chi connectivity index (χ1) is 13.5. The molecule has 0 bridgehead atoms. The molecule has 0 radical (unpaired) electrons. The van der Waals surface area contributed by atoms with E-state index in [1.165, 1.54) is 18.4 Å². The van der Waals surface area contributed by atoms with Crippen molar-refractivity contribution in [2.45, 2.75) is 38.6 Å². The molecule has 1 aromatic heterocycles. The lowest BCUT2D eigenvalue weighted by atomic mass is 9.97. The molecular formula is C23H20BrN3O. The molecule has 4 nitrogen and oxygen atoms in total. The van der Waals surface area contributed by atoms with Crippen molar-refractivity contribution < 1.29 is 4.79 Å². The first-order valence-electron chi connectivity index (χ1n) is 9.60. The molecule has 0 N–H and O–H groups in total. The van der Waals surface area contributed by atoms with Gasteiger partial charge in [-0.2, -0.15) is 0 Å². The fraction of sp³-hybridized carbons (Fsp3) is 0.261. The Bertz CT molecular complexity index is 1140. The third kappa shape index (κ3) is 2.76. The van der Waals surface area contributed by atoms with Crippen molar-refractivity contribution in [1.82, 2.24) is 9.55 Å². The summed E-state index contributed by atoms with van der Waals surface area (Å²) in [5, 5.41) is 0. The van der Waals surface area contributed by atoms with Crippen LogP contribution in [0.25, 0.3) is 5.69 Å². The van der Waals surface area contributed by atoms with Crippen LogP contribution in [0.1, 0.15) is 71.5 Å². The molecule has 2 aliphatic rings. The number of hydrogen-bond donors (Lipinski definition) is 0. The Morgan fingerprint density at radius 1 is 1.14 bits per heavy atom. The maximum atomic E-state index is 12.2. The van der Waals surface area contributed by atoms with Crippen LogP contribution in [0, 0.1) is 0 Å². The highest BCUT2D eigenvalue weighted by atomic mass is 79.9. The lowest BCUT2D eigenvalue weighted by Crippen LogP contribution is -2.08. The van der Waals surface area contributed by atoms with E-state index in [2.05, 4.69) is 45.2 Å². The zero-order chi connectivity index (χ0) is 19.4. The Balaban J connectivity index is 1.81. The minimum atomic E-state index is -0.180. The van der Waals surface area contributed by atoms with E-state index in [-0.39, 0.29) is 11.8 Å². The number of hydrogen-bond acceptors (Lipinski definition) is 3. The minimum Gasteiger partial charge on any atom is -0.300 e. The van der Waals surface area contributed by atoms with Crippen molar-refractivity contribution >= 4 is 27.4 Å². The number of Topliss-reactive ketones (excluding diaryl/α,β-unsaturated/α-hetero) is 1. The Morgan fingerprint density at radius 3 is 2.64 bits per heavy atom. The fourth-order valence-electron chi connectivity index (χ4n) is 4.04. The summed E-state index contributed by atoms with van der Waals surface area (Å²) in [6, 6.07) is 14.6. The van der Waals surface area contributed by atoms with Gasteiger partial charge in [0.05, 0.1) is 23.1 Å². The molecule has 1 saturated carbocycles. The molecule has 140 valence electrons. The standard InChI is InChI=1S/C23H20BrN3O/c1-13-23-21(14(2)28)25-12-27(23)20-10-9-16(15-7-8-15)11-18(20)22(26-13)17-5-3-4-6-19(17)24/h3-6,9-13,15H,7-8H2,1-2H3/t13-/m1/s1. The van der Waals surface area contributed by atoms with E-state index in [9.17, 15) is 4.79 Å². The van der Waals surface area contributed by atoms with Gasteiger partial charge in [-0.3, -0.25) is 14.4 Å². The van der Waals surface area contributed by atoms with E-state index in [1.807, 2.05) is 29.7 Å². The van der Waals surface area contributed by atoms with Crippen molar-refractivity contribution in [2.24, 2.45) is 4.99 Å². The highest BCUT2D eigenvalue weighted by Crippen LogP contribution is 2.42. The number of rotatable bonds is 3. The van der Waals surface area contributed by atoms with Gasteiger partial charge in [-0.15, -0.1) is 0 Å². The summed E-state index contributed by atoms with van der Waals surface area (Å²) in [6.45, 7) is 3.60. The smallest absolute Gasteiger partial charge is 0.180 e. The van der Waals surface area contributed by atoms with Gasteiger partial charge in [0.15, 0.2) is 5.78 Å². The molecule has 0 saturated heterocycles. The number of imidazole rings is 1. The monoisotopic (exact) mass is 433 g/mol. The van der Waals surface area contributed by atoms with Gasteiger partial charge >= 0.3 is 0 Å². The van der Waals surface area contributed by atoms with E-state index in [0.717, 1.165) is 32.7 Å². The molecule has 0 unspecified atom stereocenters. The van der Waals surface area contributed by atoms with E-state index in [4.69, 9.17) is 4.99 Å². The number of nitrogens with zero attached hydrogens (tertiary/aromatic N) is 3. The molecule has 1 aliphatic heterocycles. The first kappa shape index (κ1) is 17.6. The first-order valence-corrected chi connectivity index (χ1v) is 10.4. The van der Waals surface area contributed by atoms with Crippen LogP contribution in [0.3, 0.4) is 0 Å². The molecule has 1 fully saturated rings. The third-order valence-electron chi connectivity index (χ3n) is 5.57. The number of carbonyl (C=O) groups is 1. The summed E-state index contributed by atoms with van der Waals surface area (Å²) < 4.78 is 3.06. The zero-order valence-corrected chi connectivity index (χ0v) is 17.4. The molecule has 0 spiro atoms. The maximum Gasteiger partial charge on any atom is 0.180 e. The van der Waals surface area contributed by atoms with Crippen molar-refractivity contribution in [2.75, 3.05) is 0 Å². The van der Waals surface area contributed by atoms with Crippen LogP contribution in [-0.2, 0) is 0 Å². The normalized spacial score (nSPS) is 18.1. The summed E-state index contributed by atoms with van der Waals surface area (Å²) >= 11 is 3.70. The van der Waals surface area contributed by atoms with E-state index in [1.54, 1.807) is 13.3 Å². The van der Waals surface area contributed by atoms with Crippen LogP contribution >= 0.6 is 15.9 Å². The number of carbonyl (C=O) groups excluding carboxylic acids is 1. The van der Waals surface area contributed by atoms with E-state index >= 15 is 0 Å². The van der Waals surface area contributed by atoms with Crippen LogP contribution < -0.4 is 0 Å². The van der Waals surface area contributed by atoms with Crippen molar-refractivity contribution in [1.29, 1.82) is 0 Å². The Hall–Kier alpha value is -2.53. The lowest BCUT2D eigenvalue weighted by Gasteiger charge is -2.14. The number of aromatic nitrogens is 2. The maximum absolute atomic E-state index is 12.2. The lowest BCUT2D eigenvalue weighted by molar-refractivity contribution is 0.101. The number of aliphatic imine (C=N–C) groups is 1.